The lowest BCUT2D eigenvalue weighted by molar-refractivity contribution is -0.132. The molecule has 2 aromatic rings. The lowest BCUT2D eigenvalue weighted by atomic mass is 9.88. The minimum atomic E-state index is -0.634. The third-order valence-electron chi connectivity index (χ3n) is 6.54. The van der Waals surface area contributed by atoms with Gasteiger partial charge in [-0.15, -0.1) is 0 Å². The predicted molar refractivity (Wildman–Crippen MR) is 130 cm³/mol. The molecule has 0 aliphatic carbocycles. The fourth-order valence-corrected chi connectivity index (χ4v) is 4.06. The lowest BCUT2D eigenvalue weighted by Crippen LogP contribution is -2.55. The van der Waals surface area contributed by atoms with E-state index < -0.39 is 6.04 Å². The quantitative estimate of drug-likeness (QED) is 0.648. The van der Waals surface area contributed by atoms with Gasteiger partial charge in [0.1, 0.15) is 6.04 Å². The average Bonchev–Trinajstić information content (AvgIpc) is 2.83. The topological polar surface area (TPSA) is 78.5 Å². The second kappa shape index (κ2) is 11.6. The monoisotopic (exact) mass is 449 g/mol. The SMILES string of the molecule is CC(C)[C@H](C)NC(=O)[C@H](NC(=O)c1ccccc1)C1CCN(C(=O)Cc2ccccc2)CC1. The maximum atomic E-state index is 13.2. The number of benzene rings is 2. The molecule has 1 saturated heterocycles. The van der Waals surface area contributed by atoms with Crippen molar-refractivity contribution in [2.24, 2.45) is 11.8 Å². The molecule has 1 fully saturated rings. The summed E-state index contributed by atoms with van der Waals surface area (Å²) in [6.45, 7) is 7.25. The van der Waals surface area contributed by atoms with E-state index in [4.69, 9.17) is 0 Å². The Labute approximate surface area is 196 Å². The summed E-state index contributed by atoms with van der Waals surface area (Å²) >= 11 is 0. The van der Waals surface area contributed by atoms with Gasteiger partial charge in [-0.2, -0.15) is 0 Å². The smallest absolute Gasteiger partial charge is 0.251 e. The van der Waals surface area contributed by atoms with Crippen molar-refractivity contribution in [1.29, 1.82) is 0 Å². The van der Waals surface area contributed by atoms with Gasteiger partial charge in [-0.1, -0.05) is 62.4 Å². The molecule has 0 unspecified atom stereocenters. The number of carbonyl (C=O) groups excluding carboxylic acids is 3. The molecule has 1 aliphatic rings. The predicted octanol–water partition coefficient (Wildman–Crippen LogP) is 3.43. The molecule has 2 atom stereocenters. The van der Waals surface area contributed by atoms with Crippen LogP contribution < -0.4 is 10.6 Å². The molecule has 6 heteroatoms. The van der Waals surface area contributed by atoms with E-state index in [-0.39, 0.29) is 35.6 Å². The highest BCUT2D eigenvalue weighted by atomic mass is 16.2. The maximum absolute atomic E-state index is 13.2. The van der Waals surface area contributed by atoms with Crippen LogP contribution in [0.3, 0.4) is 0 Å². The second-order valence-electron chi connectivity index (χ2n) is 9.24. The number of rotatable bonds is 8. The minimum Gasteiger partial charge on any atom is -0.352 e. The van der Waals surface area contributed by atoms with E-state index in [1.54, 1.807) is 12.1 Å². The molecule has 0 spiro atoms. The van der Waals surface area contributed by atoms with Crippen molar-refractivity contribution in [3.05, 3.63) is 71.8 Å². The van der Waals surface area contributed by atoms with Crippen molar-refractivity contribution in [1.82, 2.24) is 15.5 Å². The molecule has 0 saturated carbocycles. The van der Waals surface area contributed by atoms with E-state index >= 15 is 0 Å². The molecule has 6 nitrogen and oxygen atoms in total. The maximum Gasteiger partial charge on any atom is 0.251 e. The molecular weight excluding hydrogens is 414 g/mol. The largest absolute Gasteiger partial charge is 0.352 e. The second-order valence-corrected chi connectivity index (χ2v) is 9.24. The Balaban J connectivity index is 1.65. The fraction of sp³-hybridized carbons (Fsp3) is 0.444. The summed E-state index contributed by atoms with van der Waals surface area (Å²) in [6.07, 6.45) is 1.72. The number of nitrogens with one attached hydrogen (secondary N) is 2. The highest BCUT2D eigenvalue weighted by Crippen LogP contribution is 2.23. The summed E-state index contributed by atoms with van der Waals surface area (Å²) in [7, 11) is 0. The first-order valence-corrected chi connectivity index (χ1v) is 11.8. The molecule has 1 heterocycles. The van der Waals surface area contributed by atoms with Crippen LogP contribution in [0, 0.1) is 11.8 Å². The third-order valence-corrected chi connectivity index (χ3v) is 6.54. The summed E-state index contributed by atoms with van der Waals surface area (Å²) < 4.78 is 0. The number of nitrogens with zero attached hydrogens (tertiary/aromatic N) is 1. The summed E-state index contributed by atoms with van der Waals surface area (Å²) in [5.74, 6) is -0.0536. The van der Waals surface area contributed by atoms with Gasteiger partial charge in [0, 0.05) is 24.7 Å². The van der Waals surface area contributed by atoms with Crippen LogP contribution in [0.15, 0.2) is 60.7 Å². The van der Waals surface area contributed by atoms with Crippen molar-refractivity contribution in [2.75, 3.05) is 13.1 Å². The minimum absolute atomic E-state index is 0.00108. The van der Waals surface area contributed by atoms with Crippen LogP contribution in [-0.4, -0.2) is 47.8 Å². The van der Waals surface area contributed by atoms with Crippen LogP contribution in [0.4, 0.5) is 0 Å². The molecule has 0 bridgehead atoms. The van der Waals surface area contributed by atoms with E-state index in [1.165, 1.54) is 0 Å². The van der Waals surface area contributed by atoms with Crippen molar-refractivity contribution in [3.8, 4) is 0 Å². The molecule has 0 aromatic heterocycles. The first-order chi connectivity index (χ1) is 15.8. The van der Waals surface area contributed by atoms with Gasteiger partial charge in [0.25, 0.3) is 5.91 Å². The van der Waals surface area contributed by atoms with E-state index in [0.29, 0.717) is 37.9 Å². The summed E-state index contributed by atoms with van der Waals surface area (Å²) in [5, 5.41) is 6.04. The highest BCUT2D eigenvalue weighted by molar-refractivity contribution is 5.97. The summed E-state index contributed by atoms with van der Waals surface area (Å²) in [6, 6.07) is 18.0. The summed E-state index contributed by atoms with van der Waals surface area (Å²) in [5.41, 5.74) is 1.53. The van der Waals surface area contributed by atoms with Crippen LogP contribution in [0.5, 0.6) is 0 Å². The van der Waals surface area contributed by atoms with Gasteiger partial charge >= 0.3 is 0 Å². The van der Waals surface area contributed by atoms with Gasteiger partial charge in [-0.25, -0.2) is 0 Å². The number of likely N-dealkylation sites (tertiary alicyclic amines) is 1. The molecule has 3 rings (SSSR count). The molecule has 33 heavy (non-hydrogen) atoms. The van der Waals surface area contributed by atoms with Crippen molar-refractivity contribution in [2.45, 2.75) is 52.1 Å². The van der Waals surface area contributed by atoms with Gasteiger partial charge in [0.2, 0.25) is 11.8 Å². The van der Waals surface area contributed by atoms with Gasteiger partial charge in [-0.05, 0) is 49.3 Å². The Morgan fingerprint density at radius 2 is 1.45 bits per heavy atom. The van der Waals surface area contributed by atoms with Crippen LogP contribution in [0.1, 0.15) is 49.5 Å². The first kappa shape index (κ1) is 24.5. The van der Waals surface area contributed by atoms with Crippen molar-refractivity contribution >= 4 is 17.7 Å². The number of hydrogen-bond donors (Lipinski definition) is 2. The normalized spacial score (nSPS) is 16.2. The van der Waals surface area contributed by atoms with Gasteiger partial charge < -0.3 is 15.5 Å². The van der Waals surface area contributed by atoms with Crippen LogP contribution in [-0.2, 0) is 16.0 Å². The molecule has 176 valence electrons. The Bertz CT molecular complexity index is 922. The number of amides is 3. The molecule has 0 radical (unpaired) electrons. The molecular formula is C27H35N3O3. The zero-order chi connectivity index (χ0) is 23.8. The fourth-order valence-electron chi connectivity index (χ4n) is 4.06. The number of carbonyl (C=O) groups is 3. The van der Waals surface area contributed by atoms with E-state index in [9.17, 15) is 14.4 Å². The Morgan fingerprint density at radius 3 is 2.03 bits per heavy atom. The number of piperidine rings is 1. The van der Waals surface area contributed by atoms with E-state index in [0.717, 1.165) is 5.56 Å². The highest BCUT2D eigenvalue weighted by Gasteiger charge is 2.34. The summed E-state index contributed by atoms with van der Waals surface area (Å²) in [4.78, 5) is 40.6. The van der Waals surface area contributed by atoms with Gasteiger partial charge in [0.05, 0.1) is 6.42 Å². The molecule has 2 N–H and O–H groups in total. The molecule has 3 amide bonds. The van der Waals surface area contributed by atoms with E-state index in [1.807, 2.05) is 60.4 Å². The molecule has 2 aromatic carbocycles. The Hall–Kier alpha value is -3.15. The van der Waals surface area contributed by atoms with Gasteiger partial charge in [0.15, 0.2) is 0 Å². The standard InChI is InChI=1S/C27H35N3O3/c1-19(2)20(3)28-27(33)25(29-26(32)23-12-8-5-9-13-23)22-14-16-30(17-15-22)24(31)18-21-10-6-4-7-11-21/h4-13,19-20,22,25H,14-18H2,1-3H3,(H,28,33)(H,29,32)/t20-,25+/m0/s1. The van der Waals surface area contributed by atoms with Crippen molar-refractivity contribution in [3.63, 3.8) is 0 Å². The zero-order valence-corrected chi connectivity index (χ0v) is 19.8. The Morgan fingerprint density at radius 1 is 0.879 bits per heavy atom. The Kier molecular flexibility index (Phi) is 8.64. The van der Waals surface area contributed by atoms with E-state index in [2.05, 4.69) is 24.5 Å². The average molecular weight is 450 g/mol. The lowest BCUT2D eigenvalue weighted by Gasteiger charge is -2.36. The van der Waals surface area contributed by atoms with Crippen LogP contribution in [0.25, 0.3) is 0 Å². The van der Waals surface area contributed by atoms with Crippen molar-refractivity contribution < 1.29 is 14.4 Å². The third kappa shape index (κ3) is 6.91. The molecule has 1 aliphatic heterocycles. The first-order valence-electron chi connectivity index (χ1n) is 11.8. The zero-order valence-electron chi connectivity index (χ0n) is 19.8. The van der Waals surface area contributed by atoms with Crippen LogP contribution >= 0.6 is 0 Å². The number of hydrogen-bond acceptors (Lipinski definition) is 3. The van der Waals surface area contributed by atoms with Gasteiger partial charge in [-0.3, -0.25) is 14.4 Å². The van der Waals surface area contributed by atoms with Crippen LogP contribution in [0.2, 0.25) is 0 Å².